The van der Waals surface area contributed by atoms with Gasteiger partial charge in [-0.05, 0) is 41.9 Å². The van der Waals surface area contributed by atoms with Crippen molar-refractivity contribution >= 4 is 34.9 Å². The van der Waals surface area contributed by atoms with E-state index in [0.717, 1.165) is 11.2 Å². The number of hydrogen-bond donors (Lipinski definition) is 1. The Morgan fingerprint density at radius 1 is 1.19 bits per heavy atom. The monoisotopic (exact) mass is 320 g/mol. The van der Waals surface area contributed by atoms with Gasteiger partial charge in [-0.3, -0.25) is 4.57 Å². The van der Waals surface area contributed by atoms with Gasteiger partial charge in [0.1, 0.15) is 5.82 Å². The first-order chi connectivity index (χ1) is 9.97. The van der Waals surface area contributed by atoms with Gasteiger partial charge >= 0.3 is 0 Å². The molecule has 0 aliphatic rings. The van der Waals surface area contributed by atoms with Crippen molar-refractivity contribution < 1.29 is 4.39 Å². The minimum Gasteiger partial charge on any atom is -0.330 e. The highest BCUT2D eigenvalue weighted by Crippen LogP contribution is 2.26. The molecule has 2 nitrogen and oxygen atoms in total. The van der Waals surface area contributed by atoms with Crippen LogP contribution in [0.3, 0.4) is 0 Å². The van der Waals surface area contributed by atoms with E-state index in [9.17, 15) is 4.39 Å². The average Bonchev–Trinajstić information content (AvgIpc) is 2.75. The molecule has 2 aromatic carbocycles. The Hall–Kier alpha value is -1.65. The van der Waals surface area contributed by atoms with Crippen LogP contribution in [-0.2, 0) is 0 Å². The summed E-state index contributed by atoms with van der Waals surface area (Å²) in [4.78, 5) is 3.01. The molecule has 5 heteroatoms. The number of aromatic nitrogens is 2. The Labute approximate surface area is 132 Å². The molecule has 1 N–H and O–H groups in total. The molecule has 0 aliphatic carbocycles. The Morgan fingerprint density at radius 2 is 1.86 bits per heavy atom. The van der Waals surface area contributed by atoms with Crippen LogP contribution in [0.4, 0.5) is 4.39 Å². The summed E-state index contributed by atoms with van der Waals surface area (Å²) in [7, 11) is 0. The zero-order chi connectivity index (χ0) is 15.1. The predicted octanol–water partition coefficient (Wildman–Crippen LogP) is 5.60. The van der Waals surface area contributed by atoms with Gasteiger partial charge in [0.15, 0.2) is 4.77 Å². The second kappa shape index (κ2) is 5.28. The number of nitrogens with one attached hydrogen (secondary N) is 1. The van der Waals surface area contributed by atoms with Crippen molar-refractivity contribution in [3.8, 4) is 5.69 Å². The molecular formula is C16H14ClFN2S. The van der Waals surface area contributed by atoms with Crippen LogP contribution in [-0.4, -0.2) is 9.55 Å². The first-order valence-corrected chi connectivity index (χ1v) is 7.46. The molecule has 0 saturated heterocycles. The van der Waals surface area contributed by atoms with E-state index in [1.165, 1.54) is 11.6 Å². The van der Waals surface area contributed by atoms with Crippen molar-refractivity contribution in [3.63, 3.8) is 0 Å². The van der Waals surface area contributed by atoms with Gasteiger partial charge in [-0.15, -0.1) is 0 Å². The van der Waals surface area contributed by atoms with E-state index in [4.69, 9.17) is 23.8 Å². The van der Waals surface area contributed by atoms with Gasteiger partial charge in [-0.25, -0.2) is 4.39 Å². The molecule has 0 aliphatic heterocycles. The molecular weight excluding hydrogens is 307 g/mol. The van der Waals surface area contributed by atoms with Crippen molar-refractivity contribution in [3.05, 3.63) is 57.6 Å². The minimum absolute atomic E-state index is 0.0871. The molecule has 0 unspecified atom stereocenters. The predicted molar refractivity (Wildman–Crippen MR) is 87.5 cm³/mol. The maximum absolute atomic E-state index is 13.5. The molecule has 0 bridgehead atoms. The standard InChI is InChI=1S/C16H14ClFN2S/c1-9(2)10-3-5-11(6-4-10)20-15-7-12(17)13(18)8-14(15)19-16(20)21/h3-9H,1-2H3,(H,19,21). The van der Waals surface area contributed by atoms with E-state index in [-0.39, 0.29) is 5.02 Å². The van der Waals surface area contributed by atoms with Crippen molar-refractivity contribution in [1.29, 1.82) is 0 Å². The number of halogens is 2. The zero-order valence-electron chi connectivity index (χ0n) is 11.7. The van der Waals surface area contributed by atoms with Gasteiger partial charge in [-0.1, -0.05) is 37.6 Å². The molecule has 1 heterocycles. The van der Waals surface area contributed by atoms with Gasteiger partial charge in [0.25, 0.3) is 0 Å². The number of benzene rings is 2. The minimum atomic E-state index is -0.456. The Balaban J connectivity index is 2.22. The highest BCUT2D eigenvalue weighted by Gasteiger charge is 2.10. The summed E-state index contributed by atoms with van der Waals surface area (Å²) < 4.78 is 15.9. The highest BCUT2D eigenvalue weighted by atomic mass is 35.5. The number of aromatic amines is 1. The second-order valence-electron chi connectivity index (χ2n) is 5.30. The normalized spacial score (nSPS) is 11.5. The van der Waals surface area contributed by atoms with E-state index in [1.54, 1.807) is 6.07 Å². The third-order valence-electron chi connectivity index (χ3n) is 3.54. The summed E-state index contributed by atoms with van der Waals surface area (Å²) >= 11 is 11.2. The lowest BCUT2D eigenvalue weighted by molar-refractivity contribution is 0.630. The Morgan fingerprint density at radius 3 is 2.48 bits per heavy atom. The van der Waals surface area contributed by atoms with E-state index in [2.05, 4.69) is 31.0 Å². The molecule has 21 heavy (non-hydrogen) atoms. The lowest BCUT2D eigenvalue weighted by Gasteiger charge is -2.08. The van der Waals surface area contributed by atoms with Crippen LogP contribution >= 0.6 is 23.8 Å². The number of rotatable bonds is 2. The summed E-state index contributed by atoms with van der Waals surface area (Å²) in [5.74, 6) is 0.0150. The number of imidazole rings is 1. The quantitative estimate of drug-likeness (QED) is 0.609. The third kappa shape index (κ3) is 2.49. The summed E-state index contributed by atoms with van der Waals surface area (Å²) in [6, 6.07) is 11.1. The van der Waals surface area contributed by atoms with Gasteiger partial charge < -0.3 is 4.98 Å². The molecule has 0 radical (unpaired) electrons. The fourth-order valence-corrected chi connectivity index (χ4v) is 2.84. The molecule has 3 aromatic rings. The van der Waals surface area contributed by atoms with Crippen molar-refractivity contribution in [2.75, 3.05) is 0 Å². The largest absolute Gasteiger partial charge is 0.330 e. The summed E-state index contributed by atoms with van der Waals surface area (Å²) in [5.41, 5.74) is 3.59. The van der Waals surface area contributed by atoms with Crippen molar-refractivity contribution in [1.82, 2.24) is 9.55 Å². The van der Waals surface area contributed by atoms with Gasteiger partial charge in [-0.2, -0.15) is 0 Å². The average molecular weight is 321 g/mol. The van der Waals surface area contributed by atoms with E-state index in [1.807, 2.05) is 16.7 Å². The smallest absolute Gasteiger partial charge is 0.182 e. The number of fused-ring (bicyclic) bond motifs is 1. The second-order valence-corrected chi connectivity index (χ2v) is 6.09. The summed E-state index contributed by atoms with van der Waals surface area (Å²) in [5, 5.41) is 0.0871. The Kier molecular flexibility index (Phi) is 3.59. The third-order valence-corrected chi connectivity index (χ3v) is 4.12. The lowest BCUT2D eigenvalue weighted by atomic mass is 10.0. The van der Waals surface area contributed by atoms with E-state index >= 15 is 0 Å². The molecule has 0 spiro atoms. The van der Waals surface area contributed by atoms with Crippen LogP contribution in [0.15, 0.2) is 36.4 Å². The number of hydrogen-bond acceptors (Lipinski definition) is 1. The van der Waals surface area contributed by atoms with Crippen LogP contribution in [0.25, 0.3) is 16.7 Å². The molecule has 0 amide bonds. The number of H-pyrrole nitrogens is 1. The molecule has 108 valence electrons. The van der Waals surface area contributed by atoms with Gasteiger partial charge in [0.05, 0.1) is 16.1 Å². The van der Waals surface area contributed by atoms with Gasteiger partial charge in [0.2, 0.25) is 0 Å². The summed E-state index contributed by atoms with van der Waals surface area (Å²) in [6.45, 7) is 4.30. The van der Waals surface area contributed by atoms with Crippen molar-refractivity contribution in [2.45, 2.75) is 19.8 Å². The van der Waals surface area contributed by atoms with Crippen molar-refractivity contribution in [2.24, 2.45) is 0 Å². The van der Waals surface area contributed by atoms with Crippen LogP contribution in [0, 0.1) is 10.6 Å². The maximum atomic E-state index is 13.5. The fraction of sp³-hybridized carbons (Fsp3) is 0.188. The lowest BCUT2D eigenvalue weighted by Crippen LogP contribution is -1.95. The molecule has 3 rings (SSSR count). The molecule has 1 aromatic heterocycles. The molecule has 0 atom stereocenters. The molecule has 0 fully saturated rings. The zero-order valence-corrected chi connectivity index (χ0v) is 13.2. The van der Waals surface area contributed by atoms with Crippen LogP contribution in [0.1, 0.15) is 25.3 Å². The molecule has 0 saturated carbocycles. The first kappa shape index (κ1) is 14.3. The highest BCUT2D eigenvalue weighted by molar-refractivity contribution is 7.71. The van der Waals surface area contributed by atoms with E-state index in [0.29, 0.717) is 16.2 Å². The van der Waals surface area contributed by atoms with E-state index < -0.39 is 5.82 Å². The fourth-order valence-electron chi connectivity index (χ4n) is 2.37. The SMILES string of the molecule is CC(C)c1ccc(-n2c(=S)[nH]c3cc(F)c(Cl)cc32)cc1. The number of nitrogens with zero attached hydrogens (tertiary/aromatic N) is 1. The van der Waals surface area contributed by atoms with Crippen LogP contribution in [0.5, 0.6) is 0 Å². The van der Waals surface area contributed by atoms with Gasteiger partial charge in [0, 0.05) is 11.8 Å². The maximum Gasteiger partial charge on any atom is 0.182 e. The topological polar surface area (TPSA) is 20.7 Å². The Bertz CT molecular complexity index is 862. The first-order valence-electron chi connectivity index (χ1n) is 6.67. The van der Waals surface area contributed by atoms with Crippen LogP contribution in [0.2, 0.25) is 5.02 Å². The van der Waals surface area contributed by atoms with Crippen LogP contribution < -0.4 is 0 Å². The summed E-state index contributed by atoms with van der Waals surface area (Å²) in [6.07, 6.45) is 0.